The third-order valence-corrected chi connectivity index (χ3v) is 12.8. The van der Waals surface area contributed by atoms with Gasteiger partial charge in [-0.1, -0.05) is 218 Å². The monoisotopic (exact) mass is 875 g/mol. The molecule has 2 aromatic heterocycles. The minimum atomic E-state index is 0. The molecule has 0 spiro atoms. The van der Waals surface area contributed by atoms with Crippen LogP contribution in [0.25, 0.3) is 133 Å². The molecular weight excluding hydrogens is 840 g/mol. The minimum Gasteiger partial charge on any atom is -0.656 e. The summed E-state index contributed by atoms with van der Waals surface area (Å²) in [7, 11) is 0. The van der Waals surface area contributed by atoms with Crippen LogP contribution in [0.1, 0.15) is 0 Å². The molecule has 0 saturated carbocycles. The summed E-state index contributed by atoms with van der Waals surface area (Å²) < 4.78 is 0. The predicted octanol–water partition coefficient (Wildman–Crippen LogP) is 15.2. The van der Waals surface area contributed by atoms with E-state index in [1.54, 1.807) is 0 Å². The van der Waals surface area contributed by atoms with Gasteiger partial charge in [-0.2, -0.15) is 0 Å². The van der Waals surface area contributed by atoms with Crippen molar-refractivity contribution in [3.63, 3.8) is 0 Å². The maximum absolute atomic E-state index is 5.85. The fourth-order valence-corrected chi connectivity index (χ4v) is 10.00. The number of nitrogens with zero attached hydrogens (tertiary/aromatic N) is 4. The Morgan fingerprint density at radius 1 is 0.231 bits per heavy atom. The van der Waals surface area contributed by atoms with E-state index >= 15 is 0 Å². The second kappa shape index (κ2) is 15.6. The topological polar surface area (TPSA) is 54.0 Å². The number of hydrogen-bond donors (Lipinski definition) is 0. The van der Waals surface area contributed by atoms with E-state index in [4.69, 9.17) is 19.9 Å². The zero-order valence-electron chi connectivity index (χ0n) is 34.9. The van der Waals surface area contributed by atoms with Crippen LogP contribution in [0.4, 0.5) is 0 Å². The van der Waals surface area contributed by atoms with Crippen molar-refractivity contribution in [2.75, 3.05) is 0 Å². The van der Waals surface area contributed by atoms with Crippen LogP contribution in [-0.2, 0) is 17.1 Å². The molecule has 8 bridgehead atoms. The van der Waals surface area contributed by atoms with Crippen LogP contribution in [0.15, 0.2) is 218 Å². The average Bonchev–Trinajstić information content (AvgIpc) is 4.14. The van der Waals surface area contributed by atoms with Crippen molar-refractivity contribution in [1.29, 1.82) is 0 Å². The Hall–Kier alpha value is -8.08. The normalized spacial score (nSPS) is 11.6. The molecular formula is C60H36CuN4. The molecule has 0 unspecified atom stereocenters. The fourth-order valence-electron chi connectivity index (χ4n) is 10.00. The summed E-state index contributed by atoms with van der Waals surface area (Å²) in [4.78, 5) is 23.4. The Morgan fingerprint density at radius 2 is 0.431 bits per heavy atom. The van der Waals surface area contributed by atoms with E-state index in [9.17, 15) is 0 Å². The predicted molar refractivity (Wildman–Crippen MR) is 265 cm³/mol. The summed E-state index contributed by atoms with van der Waals surface area (Å²) in [5.41, 5.74) is 19.2. The first kappa shape index (κ1) is 38.6. The van der Waals surface area contributed by atoms with E-state index in [2.05, 4.69) is 218 Å². The Morgan fingerprint density at radius 3 is 0.662 bits per heavy atom. The number of benzene rings is 8. The fraction of sp³-hybridized carbons (Fsp3) is 0. The Kier molecular flexibility index (Phi) is 9.27. The largest absolute Gasteiger partial charge is 2.00 e. The standard InChI is InChI=1S/C60H36N4.Cu/c1-5-21-37(22-6-1)49-53-41-29-13-15-31-43(41)55(61-53)50(38-23-7-2-8-24-38)57-45-33-17-19-35-47(45)59(63-57)52(40-27-11-4-12-28-40)60-48-36-20-18-34-46(48)58(64-60)51(39-25-9-3-10-26-39)56-44-32-16-14-30-42(44)54(49)62-56;/h1-36H;/q-2;+2. The smallest absolute Gasteiger partial charge is 0.656 e. The average molecular weight is 877 g/mol. The van der Waals surface area contributed by atoms with Crippen molar-refractivity contribution in [2.24, 2.45) is 0 Å². The van der Waals surface area contributed by atoms with Crippen molar-refractivity contribution in [2.45, 2.75) is 0 Å². The first-order chi connectivity index (χ1) is 31.8. The number of aromatic nitrogens is 4. The molecule has 4 nitrogen and oxygen atoms in total. The van der Waals surface area contributed by atoms with E-state index in [1.165, 1.54) is 0 Å². The molecule has 10 aromatic rings. The summed E-state index contributed by atoms with van der Waals surface area (Å²) in [5, 5.41) is 4.21. The summed E-state index contributed by atoms with van der Waals surface area (Å²) in [6, 6.07) is 77.2. The summed E-state index contributed by atoms with van der Waals surface area (Å²) in [6.07, 6.45) is 0. The van der Waals surface area contributed by atoms with Crippen molar-refractivity contribution < 1.29 is 17.1 Å². The Labute approximate surface area is 386 Å². The van der Waals surface area contributed by atoms with Crippen LogP contribution in [0.2, 0.25) is 0 Å². The SMILES string of the molecule is [Cu+2].c1ccc(-c2c3nc(c(-c4ccccc4)c4[n-]c(c(-c5ccccc5)c5nc(c(-c6ccccc6)c6[n-]c2c2ccccc62)-c2ccccc2-5)c2ccccc42)-c2ccccc2-3)cc1. The molecule has 0 N–H and O–H groups in total. The second-order valence-corrected chi connectivity index (χ2v) is 16.4. The molecule has 1 radical (unpaired) electrons. The van der Waals surface area contributed by atoms with E-state index in [-0.39, 0.29) is 17.1 Å². The summed E-state index contributed by atoms with van der Waals surface area (Å²) in [6.45, 7) is 0. The van der Waals surface area contributed by atoms with Crippen LogP contribution < -0.4 is 9.97 Å². The summed E-state index contributed by atoms with van der Waals surface area (Å²) >= 11 is 0. The van der Waals surface area contributed by atoms with Crippen molar-refractivity contribution >= 4 is 43.6 Å². The van der Waals surface area contributed by atoms with Gasteiger partial charge in [-0.25, -0.2) is 9.97 Å². The van der Waals surface area contributed by atoms with E-state index in [1.807, 2.05) is 0 Å². The van der Waals surface area contributed by atoms with Crippen molar-refractivity contribution in [3.05, 3.63) is 218 Å². The van der Waals surface area contributed by atoms with Gasteiger partial charge in [0.2, 0.25) is 0 Å². The van der Waals surface area contributed by atoms with Gasteiger partial charge >= 0.3 is 17.1 Å². The van der Waals surface area contributed by atoms with Crippen LogP contribution in [-0.4, -0.2) is 9.97 Å². The molecule has 65 heavy (non-hydrogen) atoms. The van der Waals surface area contributed by atoms with Crippen LogP contribution in [0.5, 0.6) is 0 Å². The third kappa shape index (κ3) is 6.05. The van der Waals surface area contributed by atoms with Crippen LogP contribution in [0, 0.1) is 0 Å². The summed E-state index contributed by atoms with van der Waals surface area (Å²) in [5.74, 6) is 0. The quantitative estimate of drug-likeness (QED) is 0.165. The Balaban J connectivity index is 0.00000444. The molecule has 0 fully saturated rings. The van der Waals surface area contributed by atoms with Gasteiger partial charge in [0, 0.05) is 22.3 Å². The molecule has 1 aliphatic carbocycles. The van der Waals surface area contributed by atoms with Gasteiger partial charge in [0.15, 0.2) is 0 Å². The molecule has 307 valence electrons. The first-order valence-electron chi connectivity index (χ1n) is 21.7. The third-order valence-electron chi connectivity index (χ3n) is 12.8. The van der Waals surface area contributed by atoms with Crippen molar-refractivity contribution in [1.82, 2.24) is 19.9 Å². The van der Waals surface area contributed by atoms with Gasteiger partial charge in [-0.15, -0.1) is 22.1 Å². The van der Waals surface area contributed by atoms with E-state index < -0.39 is 0 Å². The molecule has 5 heteroatoms. The zero-order valence-corrected chi connectivity index (χ0v) is 35.8. The van der Waals surface area contributed by atoms with Crippen LogP contribution in [0.3, 0.4) is 0 Å². The zero-order chi connectivity index (χ0) is 42.1. The Bertz CT molecular complexity index is 3320. The maximum Gasteiger partial charge on any atom is 2.00 e. The second-order valence-electron chi connectivity index (χ2n) is 16.4. The molecule has 8 aromatic carbocycles. The van der Waals surface area contributed by atoms with Crippen LogP contribution >= 0.6 is 0 Å². The molecule has 0 atom stereocenters. The van der Waals surface area contributed by atoms with Gasteiger partial charge < -0.3 is 9.97 Å². The molecule has 0 amide bonds. The molecule has 4 heterocycles. The minimum absolute atomic E-state index is 0. The molecule has 3 aliphatic rings. The first-order valence-corrected chi connectivity index (χ1v) is 21.7. The number of hydrogen-bond acceptors (Lipinski definition) is 2. The number of rotatable bonds is 4. The van der Waals surface area contributed by atoms with Crippen molar-refractivity contribution in [3.8, 4) is 89.5 Å². The molecule has 13 rings (SSSR count). The van der Waals surface area contributed by atoms with E-state index in [0.717, 1.165) is 133 Å². The van der Waals surface area contributed by atoms with Gasteiger partial charge in [0.25, 0.3) is 0 Å². The van der Waals surface area contributed by atoms with Gasteiger partial charge in [-0.3, -0.25) is 0 Å². The van der Waals surface area contributed by atoms with Gasteiger partial charge in [0.05, 0.1) is 22.8 Å². The van der Waals surface area contributed by atoms with E-state index in [0.29, 0.717) is 0 Å². The van der Waals surface area contributed by atoms with Gasteiger partial charge in [0.1, 0.15) is 0 Å². The molecule has 0 saturated heterocycles. The maximum atomic E-state index is 5.85. The molecule has 2 aliphatic heterocycles. The van der Waals surface area contributed by atoms with Gasteiger partial charge in [-0.05, 0) is 66.1 Å².